The second-order valence-electron chi connectivity index (χ2n) is 11.7. The van der Waals surface area contributed by atoms with Gasteiger partial charge in [-0.1, -0.05) is 20.8 Å². The number of ether oxygens (including phenoxy) is 1. The van der Waals surface area contributed by atoms with Gasteiger partial charge < -0.3 is 25.2 Å². The van der Waals surface area contributed by atoms with Gasteiger partial charge >= 0.3 is 5.97 Å². The van der Waals surface area contributed by atoms with E-state index in [0.29, 0.717) is 36.4 Å². The summed E-state index contributed by atoms with van der Waals surface area (Å²) in [6, 6.07) is 8.72. The van der Waals surface area contributed by atoms with Gasteiger partial charge in [0.2, 0.25) is 5.88 Å². The number of hydrogen-bond donors (Lipinski definition) is 3. The van der Waals surface area contributed by atoms with Crippen LogP contribution < -0.4 is 15.0 Å². The smallest absolute Gasteiger partial charge is 0.303 e. The number of hydrogen-bond acceptors (Lipinski definition) is 6. The Morgan fingerprint density at radius 2 is 1.86 bits per heavy atom. The van der Waals surface area contributed by atoms with Crippen molar-refractivity contribution in [2.75, 3.05) is 31.1 Å². The van der Waals surface area contributed by atoms with Crippen molar-refractivity contribution in [1.29, 1.82) is 0 Å². The number of aliphatic carboxylic acids is 1. The molecule has 1 atom stereocenters. The summed E-state index contributed by atoms with van der Waals surface area (Å²) in [7, 11) is 0. The maximum absolute atomic E-state index is 12.9. The number of aromatic nitrogens is 1. The van der Waals surface area contributed by atoms with Gasteiger partial charge in [0.1, 0.15) is 5.75 Å². The SMILES string of the molecule is CC(C)(C)CNC(=O)c1ccc(O)cc1N1CCC(COc2cc(C(CC(=O)O)C3CC3)ccn2)CC1. The van der Waals surface area contributed by atoms with Crippen LogP contribution in [0.15, 0.2) is 36.5 Å². The summed E-state index contributed by atoms with van der Waals surface area (Å²) in [5.41, 5.74) is 2.30. The third kappa shape index (κ3) is 7.60. The quantitative estimate of drug-likeness (QED) is 0.421. The van der Waals surface area contributed by atoms with E-state index in [4.69, 9.17) is 4.74 Å². The van der Waals surface area contributed by atoms with E-state index in [-0.39, 0.29) is 29.4 Å². The topological polar surface area (TPSA) is 112 Å². The fourth-order valence-electron chi connectivity index (χ4n) is 4.94. The number of pyridine rings is 1. The average Bonchev–Trinajstić information content (AvgIpc) is 3.70. The molecule has 2 heterocycles. The van der Waals surface area contributed by atoms with Crippen LogP contribution in [0.1, 0.15) is 74.7 Å². The number of nitrogens with one attached hydrogen (secondary N) is 1. The Hall–Kier alpha value is -3.29. The number of carboxylic acid groups (broad SMARTS) is 1. The second kappa shape index (κ2) is 11.4. The van der Waals surface area contributed by atoms with Crippen molar-refractivity contribution in [2.24, 2.45) is 17.3 Å². The van der Waals surface area contributed by atoms with E-state index in [0.717, 1.165) is 50.0 Å². The van der Waals surface area contributed by atoms with Crippen LogP contribution in [0.3, 0.4) is 0 Å². The van der Waals surface area contributed by atoms with E-state index < -0.39 is 5.97 Å². The highest BCUT2D eigenvalue weighted by Crippen LogP contribution is 2.44. The average molecular weight is 510 g/mol. The largest absolute Gasteiger partial charge is 0.508 e. The number of carbonyl (C=O) groups excluding carboxylic acids is 1. The molecule has 0 radical (unpaired) electrons. The second-order valence-corrected chi connectivity index (χ2v) is 11.7. The number of amides is 1. The summed E-state index contributed by atoms with van der Waals surface area (Å²) < 4.78 is 6.05. The van der Waals surface area contributed by atoms with E-state index in [1.165, 1.54) is 0 Å². The van der Waals surface area contributed by atoms with Crippen LogP contribution >= 0.6 is 0 Å². The minimum atomic E-state index is -0.774. The highest BCUT2D eigenvalue weighted by Gasteiger charge is 2.34. The van der Waals surface area contributed by atoms with Crippen molar-refractivity contribution in [2.45, 2.75) is 58.8 Å². The van der Waals surface area contributed by atoms with Crippen molar-refractivity contribution in [3.63, 3.8) is 0 Å². The fraction of sp³-hybridized carbons (Fsp3) is 0.552. The summed E-state index contributed by atoms with van der Waals surface area (Å²) in [6.07, 6.45) is 5.78. The molecule has 1 saturated heterocycles. The molecule has 1 unspecified atom stereocenters. The molecule has 8 nitrogen and oxygen atoms in total. The minimum Gasteiger partial charge on any atom is -0.508 e. The highest BCUT2D eigenvalue weighted by molar-refractivity contribution is 6.00. The molecule has 2 aliphatic rings. The lowest BCUT2D eigenvalue weighted by molar-refractivity contribution is -0.137. The van der Waals surface area contributed by atoms with Gasteiger partial charge in [-0.05, 0) is 72.6 Å². The molecule has 1 saturated carbocycles. The molecule has 200 valence electrons. The van der Waals surface area contributed by atoms with Crippen LogP contribution in [0, 0.1) is 17.3 Å². The Labute approximate surface area is 219 Å². The summed E-state index contributed by atoms with van der Waals surface area (Å²) >= 11 is 0. The summed E-state index contributed by atoms with van der Waals surface area (Å²) in [5, 5.41) is 22.4. The number of piperidine rings is 1. The van der Waals surface area contributed by atoms with E-state index in [1.54, 1.807) is 24.4 Å². The number of aromatic hydroxyl groups is 1. The van der Waals surface area contributed by atoms with Gasteiger partial charge in [-0.15, -0.1) is 0 Å². The van der Waals surface area contributed by atoms with E-state index >= 15 is 0 Å². The first-order valence-electron chi connectivity index (χ1n) is 13.3. The van der Waals surface area contributed by atoms with Gasteiger partial charge in [-0.2, -0.15) is 0 Å². The van der Waals surface area contributed by atoms with Crippen molar-refractivity contribution in [1.82, 2.24) is 10.3 Å². The van der Waals surface area contributed by atoms with Crippen LogP contribution in [0.2, 0.25) is 0 Å². The number of rotatable bonds is 10. The van der Waals surface area contributed by atoms with Crippen molar-refractivity contribution in [3.8, 4) is 11.6 Å². The molecular formula is C29H39N3O5. The predicted octanol–water partition coefficient (Wildman–Crippen LogP) is 4.83. The lowest BCUT2D eigenvalue weighted by Gasteiger charge is -2.34. The van der Waals surface area contributed by atoms with E-state index in [9.17, 15) is 19.8 Å². The molecule has 1 aliphatic carbocycles. The maximum Gasteiger partial charge on any atom is 0.303 e. The third-order valence-electron chi connectivity index (χ3n) is 7.20. The third-order valence-corrected chi connectivity index (χ3v) is 7.20. The maximum atomic E-state index is 12.9. The van der Waals surface area contributed by atoms with Crippen LogP contribution in [-0.2, 0) is 4.79 Å². The lowest BCUT2D eigenvalue weighted by atomic mass is 9.92. The number of anilines is 1. The normalized spacial score (nSPS) is 17.3. The Bertz CT molecular complexity index is 1100. The van der Waals surface area contributed by atoms with E-state index in [2.05, 4.69) is 36.0 Å². The molecule has 1 amide bonds. The van der Waals surface area contributed by atoms with Gasteiger partial charge in [0.05, 0.1) is 24.3 Å². The number of carbonyl (C=O) groups is 2. The van der Waals surface area contributed by atoms with E-state index in [1.807, 2.05) is 12.1 Å². The molecule has 0 bridgehead atoms. The van der Waals surface area contributed by atoms with Gasteiger partial charge in [0.15, 0.2) is 0 Å². The molecule has 8 heteroatoms. The molecule has 1 aromatic carbocycles. The standard InChI is InChI=1S/C29H39N3O5/c1-29(2,3)18-31-28(36)23-7-6-22(33)15-25(23)32-12-9-19(10-13-32)17-37-26-14-21(8-11-30-26)24(16-27(34)35)20-4-5-20/h6-8,11,14-15,19-20,24,33H,4-5,9-10,12-13,16-18H2,1-3H3,(H,31,36)(H,34,35). The van der Waals surface area contributed by atoms with Crippen LogP contribution in [0.25, 0.3) is 0 Å². The fourth-order valence-corrected chi connectivity index (χ4v) is 4.94. The first-order valence-corrected chi connectivity index (χ1v) is 13.3. The summed E-state index contributed by atoms with van der Waals surface area (Å²) in [5.74, 6) is 0.582. The molecule has 37 heavy (non-hydrogen) atoms. The predicted molar refractivity (Wildman–Crippen MR) is 142 cm³/mol. The minimum absolute atomic E-state index is 0.0168. The zero-order valence-corrected chi connectivity index (χ0v) is 22.1. The monoisotopic (exact) mass is 509 g/mol. The molecule has 2 aromatic rings. The first kappa shape index (κ1) is 26.8. The highest BCUT2D eigenvalue weighted by atomic mass is 16.5. The summed E-state index contributed by atoms with van der Waals surface area (Å²) in [6.45, 7) is 8.84. The first-order chi connectivity index (χ1) is 17.6. The molecular weight excluding hydrogens is 470 g/mol. The zero-order chi connectivity index (χ0) is 26.6. The van der Waals surface area contributed by atoms with Gasteiger partial charge in [-0.25, -0.2) is 4.98 Å². The Kier molecular flexibility index (Phi) is 8.25. The number of phenolic OH excluding ortho intramolecular Hbond substituents is 1. The molecule has 0 spiro atoms. The number of phenols is 1. The van der Waals surface area contributed by atoms with Gasteiger partial charge in [0, 0.05) is 38.0 Å². The van der Waals surface area contributed by atoms with Gasteiger partial charge in [0.25, 0.3) is 5.91 Å². The Morgan fingerprint density at radius 1 is 1.14 bits per heavy atom. The number of carboxylic acids is 1. The number of nitrogens with zero attached hydrogens (tertiary/aromatic N) is 2. The van der Waals surface area contributed by atoms with Crippen LogP contribution in [-0.4, -0.2) is 53.3 Å². The van der Waals surface area contributed by atoms with Crippen LogP contribution in [0.4, 0.5) is 5.69 Å². The van der Waals surface area contributed by atoms with Crippen molar-refractivity contribution in [3.05, 3.63) is 47.7 Å². The molecule has 1 aromatic heterocycles. The van der Waals surface area contributed by atoms with Gasteiger partial charge in [-0.3, -0.25) is 9.59 Å². The Morgan fingerprint density at radius 3 is 2.51 bits per heavy atom. The van der Waals surface area contributed by atoms with Crippen LogP contribution in [0.5, 0.6) is 11.6 Å². The molecule has 1 aliphatic heterocycles. The summed E-state index contributed by atoms with van der Waals surface area (Å²) in [4.78, 5) is 30.7. The zero-order valence-electron chi connectivity index (χ0n) is 22.1. The molecule has 4 rings (SSSR count). The molecule has 3 N–H and O–H groups in total. The number of benzene rings is 1. The Balaban J connectivity index is 1.33. The van der Waals surface area contributed by atoms with Crippen molar-refractivity contribution < 1.29 is 24.5 Å². The lowest BCUT2D eigenvalue weighted by Crippen LogP contribution is -2.38. The molecule has 2 fully saturated rings. The van der Waals surface area contributed by atoms with Crippen molar-refractivity contribution >= 4 is 17.6 Å².